The number of methoxy groups -OCH3 is 1. The Balaban J connectivity index is 1.83. The van der Waals surface area contributed by atoms with Crippen molar-refractivity contribution >= 4 is 45.7 Å². The summed E-state index contributed by atoms with van der Waals surface area (Å²) in [7, 11) is 1.60. The van der Waals surface area contributed by atoms with Crippen molar-refractivity contribution in [2.75, 3.05) is 12.4 Å². The Hall–Kier alpha value is -1.98. The van der Waals surface area contributed by atoms with E-state index in [2.05, 4.69) is 20.3 Å². The highest BCUT2D eigenvalue weighted by molar-refractivity contribution is 6.42. The van der Waals surface area contributed by atoms with E-state index in [4.69, 9.17) is 27.9 Å². The minimum atomic E-state index is 0.451. The zero-order chi connectivity index (χ0) is 17.4. The van der Waals surface area contributed by atoms with Gasteiger partial charge in [0.1, 0.15) is 23.5 Å². The second kappa shape index (κ2) is 6.73. The number of nitrogens with one attached hydrogen (secondary N) is 2. The monoisotopic (exact) mass is 376 g/mol. The van der Waals surface area contributed by atoms with E-state index in [1.165, 1.54) is 30.5 Å². The van der Waals surface area contributed by atoms with Crippen LogP contribution in [0, 0.1) is 0 Å². The lowest BCUT2D eigenvalue weighted by Crippen LogP contribution is -1.99. The number of ether oxygens (including phenoxy) is 1. The van der Waals surface area contributed by atoms with Gasteiger partial charge in [0.05, 0.1) is 28.2 Å². The quantitative estimate of drug-likeness (QED) is 0.609. The zero-order valence-electron chi connectivity index (χ0n) is 13.8. The Kier molecular flexibility index (Phi) is 4.44. The molecule has 2 heterocycles. The minimum Gasteiger partial charge on any atom is -0.495 e. The number of rotatable bonds is 3. The fraction of sp³-hybridized carbons (Fsp3) is 0.333. The van der Waals surface area contributed by atoms with Crippen molar-refractivity contribution in [2.45, 2.75) is 32.1 Å². The summed E-state index contributed by atoms with van der Waals surface area (Å²) in [5.74, 6) is 1.36. The smallest absolute Gasteiger partial charge is 0.143 e. The van der Waals surface area contributed by atoms with Crippen LogP contribution in [-0.2, 0) is 12.8 Å². The molecule has 2 N–H and O–H groups in total. The third-order valence-corrected chi connectivity index (χ3v) is 5.35. The Morgan fingerprint density at radius 3 is 2.72 bits per heavy atom. The van der Waals surface area contributed by atoms with Crippen molar-refractivity contribution in [1.82, 2.24) is 15.0 Å². The van der Waals surface area contributed by atoms with Gasteiger partial charge < -0.3 is 15.0 Å². The van der Waals surface area contributed by atoms with Crippen LogP contribution in [-0.4, -0.2) is 22.1 Å². The molecule has 1 aliphatic rings. The molecule has 7 heteroatoms. The molecule has 0 spiro atoms. The number of anilines is 2. The Morgan fingerprint density at radius 1 is 1.08 bits per heavy atom. The average Bonchev–Trinajstić information content (AvgIpc) is 2.80. The predicted octanol–water partition coefficient (Wildman–Crippen LogP) is 5.29. The van der Waals surface area contributed by atoms with Crippen LogP contribution in [0.15, 0.2) is 18.5 Å². The molecule has 2 aromatic heterocycles. The molecule has 0 atom stereocenters. The van der Waals surface area contributed by atoms with Crippen molar-refractivity contribution in [1.29, 1.82) is 0 Å². The number of aromatic amines is 1. The molecule has 0 aliphatic heterocycles. The molecule has 3 aromatic rings. The van der Waals surface area contributed by atoms with E-state index in [1.54, 1.807) is 25.6 Å². The molecule has 0 amide bonds. The molecule has 0 fully saturated rings. The van der Waals surface area contributed by atoms with Gasteiger partial charge in [0.25, 0.3) is 0 Å². The number of hydrogen-bond acceptors (Lipinski definition) is 4. The molecule has 0 unspecified atom stereocenters. The molecule has 4 rings (SSSR count). The summed E-state index contributed by atoms with van der Waals surface area (Å²) in [6.07, 6.45) is 7.30. The van der Waals surface area contributed by atoms with Gasteiger partial charge in [0.15, 0.2) is 0 Å². The van der Waals surface area contributed by atoms with Gasteiger partial charge in [-0.3, -0.25) is 0 Å². The van der Waals surface area contributed by atoms with Crippen molar-refractivity contribution in [3.8, 4) is 5.75 Å². The molecule has 0 saturated carbocycles. The number of aryl methyl sites for hydroxylation is 2. The van der Waals surface area contributed by atoms with E-state index in [0.29, 0.717) is 15.8 Å². The summed E-state index contributed by atoms with van der Waals surface area (Å²) < 4.78 is 5.42. The lowest BCUT2D eigenvalue weighted by atomic mass is 10.1. The summed E-state index contributed by atoms with van der Waals surface area (Å²) in [5, 5.41) is 5.31. The zero-order valence-corrected chi connectivity index (χ0v) is 15.3. The Labute approximate surface area is 155 Å². The lowest BCUT2D eigenvalue weighted by molar-refractivity contribution is 0.417. The number of nitrogens with zero attached hydrogens (tertiary/aromatic N) is 2. The largest absolute Gasteiger partial charge is 0.495 e. The van der Waals surface area contributed by atoms with E-state index in [9.17, 15) is 0 Å². The van der Waals surface area contributed by atoms with Crippen LogP contribution in [0.1, 0.15) is 30.5 Å². The number of benzene rings is 1. The maximum atomic E-state index is 6.18. The van der Waals surface area contributed by atoms with E-state index >= 15 is 0 Å². The fourth-order valence-electron chi connectivity index (χ4n) is 3.42. The second-order valence-corrected chi connectivity index (χ2v) is 6.99. The first-order valence-electron chi connectivity index (χ1n) is 8.32. The van der Waals surface area contributed by atoms with Gasteiger partial charge in [0.2, 0.25) is 0 Å². The van der Waals surface area contributed by atoms with Crippen LogP contribution in [0.2, 0.25) is 10.0 Å². The fourth-order valence-corrected chi connectivity index (χ4v) is 3.74. The lowest BCUT2D eigenvalue weighted by Gasteiger charge is -2.13. The Bertz CT molecular complexity index is 938. The van der Waals surface area contributed by atoms with Crippen molar-refractivity contribution in [3.63, 3.8) is 0 Å². The van der Waals surface area contributed by atoms with Gasteiger partial charge in [-0.05, 0) is 37.3 Å². The molecule has 5 nitrogen and oxygen atoms in total. The third-order valence-electron chi connectivity index (χ3n) is 4.63. The topological polar surface area (TPSA) is 62.8 Å². The van der Waals surface area contributed by atoms with E-state index in [-0.39, 0.29) is 0 Å². The first kappa shape index (κ1) is 16.5. The molecule has 130 valence electrons. The van der Waals surface area contributed by atoms with Gasteiger partial charge in [-0.15, -0.1) is 0 Å². The van der Waals surface area contributed by atoms with Crippen molar-refractivity contribution < 1.29 is 4.74 Å². The highest BCUT2D eigenvalue weighted by Gasteiger charge is 2.19. The first-order valence-corrected chi connectivity index (χ1v) is 9.07. The number of H-pyrrole nitrogens is 1. The summed E-state index contributed by atoms with van der Waals surface area (Å²) in [6.45, 7) is 0. The highest BCUT2D eigenvalue weighted by Crippen LogP contribution is 2.38. The normalized spacial score (nSPS) is 14.2. The minimum absolute atomic E-state index is 0.451. The molecule has 1 aliphatic carbocycles. The van der Waals surface area contributed by atoms with Crippen molar-refractivity contribution in [2.24, 2.45) is 0 Å². The van der Waals surface area contributed by atoms with Crippen LogP contribution in [0.25, 0.3) is 11.0 Å². The highest BCUT2D eigenvalue weighted by atomic mass is 35.5. The van der Waals surface area contributed by atoms with Gasteiger partial charge in [0, 0.05) is 11.8 Å². The number of aromatic nitrogens is 3. The molecule has 0 radical (unpaired) electrons. The summed E-state index contributed by atoms with van der Waals surface area (Å²) in [5.41, 5.74) is 4.18. The van der Waals surface area contributed by atoms with Crippen LogP contribution >= 0.6 is 23.2 Å². The summed E-state index contributed by atoms with van der Waals surface area (Å²) in [4.78, 5) is 12.3. The van der Waals surface area contributed by atoms with E-state index < -0.39 is 0 Å². The van der Waals surface area contributed by atoms with Crippen LogP contribution in [0.4, 0.5) is 11.5 Å². The molecule has 0 bridgehead atoms. The van der Waals surface area contributed by atoms with Gasteiger partial charge in [-0.2, -0.15) is 0 Å². The molecule has 25 heavy (non-hydrogen) atoms. The third kappa shape index (κ3) is 3.02. The predicted molar refractivity (Wildman–Crippen MR) is 101 cm³/mol. The number of fused-ring (bicyclic) bond motifs is 3. The van der Waals surface area contributed by atoms with Crippen LogP contribution < -0.4 is 10.1 Å². The molecular formula is C18H18Cl2N4O. The second-order valence-electron chi connectivity index (χ2n) is 6.18. The molecular weight excluding hydrogens is 359 g/mol. The van der Waals surface area contributed by atoms with Gasteiger partial charge in [-0.1, -0.05) is 29.6 Å². The van der Waals surface area contributed by atoms with E-state index in [1.807, 2.05) is 0 Å². The molecule has 1 aromatic carbocycles. The summed E-state index contributed by atoms with van der Waals surface area (Å²) in [6, 6.07) is 3.45. The first-order chi connectivity index (χ1) is 12.2. The number of hydrogen-bond donors (Lipinski definition) is 2. The maximum Gasteiger partial charge on any atom is 0.143 e. The van der Waals surface area contributed by atoms with Crippen molar-refractivity contribution in [3.05, 3.63) is 39.8 Å². The SMILES string of the molecule is COc1cc(Cl)c(Cl)cc1Nc1ncnc2[nH]c3c(c12)CCCCC3. The van der Waals surface area contributed by atoms with E-state index in [0.717, 1.165) is 35.4 Å². The average molecular weight is 377 g/mol. The number of halogens is 2. The standard InChI is InChI=1S/C18H18Cl2N4O/c1-25-15-8-12(20)11(19)7-14(15)24-18-16-10-5-3-2-4-6-13(10)23-17(16)21-9-22-18/h7-9H,2-6H2,1H3,(H2,21,22,23,24). The van der Waals surface area contributed by atoms with Gasteiger partial charge in [-0.25, -0.2) is 9.97 Å². The summed E-state index contributed by atoms with van der Waals surface area (Å²) >= 11 is 12.3. The Morgan fingerprint density at radius 2 is 1.88 bits per heavy atom. The van der Waals surface area contributed by atoms with Gasteiger partial charge >= 0.3 is 0 Å². The maximum absolute atomic E-state index is 6.18. The van der Waals surface area contributed by atoms with Crippen LogP contribution in [0.5, 0.6) is 5.75 Å². The van der Waals surface area contributed by atoms with Crippen LogP contribution in [0.3, 0.4) is 0 Å². The molecule has 0 saturated heterocycles.